The van der Waals surface area contributed by atoms with E-state index in [0.717, 1.165) is 10.9 Å². The van der Waals surface area contributed by atoms with Gasteiger partial charge in [0.2, 0.25) is 5.91 Å². The molecule has 2 aromatic carbocycles. The summed E-state index contributed by atoms with van der Waals surface area (Å²) in [5, 5.41) is 13.7. The van der Waals surface area contributed by atoms with Crippen molar-refractivity contribution in [1.29, 1.82) is 0 Å². The second-order valence-corrected chi connectivity index (χ2v) is 8.67. The predicted molar refractivity (Wildman–Crippen MR) is 130 cm³/mol. The minimum atomic E-state index is -0.917. The van der Waals surface area contributed by atoms with E-state index in [-0.39, 0.29) is 11.8 Å². The molecule has 3 N–H and O–H groups in total. The Kier molecular flexibility index (Phi) is 6.95. The lowest BCUT2D eigenvalue weighted by Crippen LogP contribution is -2.51. The van der Waals surface area contributed by atoms with Crippen LogP contribution in [0.2, 0.25) is 0 Å². The number of likely N-dealkylation sites (N-methyl/N-ethyl adjacent to an activating group) is 1. The Hall–Kier alpha value is -3.69. The molecule has 0 spiro atoms. The second-order valence-electron chi connectivity index (χ2n) is 8.67. The number of nitrogens with zero attached hydrogens (tertiary/aromatic N) is 3. The van der Waals surface area contributed by atoms with Gasteiger partial charge in [-0.05, 0) is 24.3 Å². The number of H-pyrrole nitrogens is 1. The van der Waals surface area contributed by atoms with E-state index in [9.17, 15) is 19.5 Å². The van der Waals surface area contributed by atoms with Crippen LogP contribution >= 0.6 is 0 Å². The molecule has 178 valence electrons. The number of rotatable bonds is 7. The maximum atomic E-state index is 12.5. The van der Waals surface area contributed by atoms with Crippen molar-refractivity contribution < 1.29 is 19.5 Å². The molecule has 0 radical (unpaired) electrons. The molecule has 0 aliphatic carbocycles. The fraction of sp³-hybridized carbons (Fsp3) is 0.320. The molecule has 1 aromatic heterocycles. The molecule has 4 rings (SSSR count). The molecular weight excluding hydrogens is 434 g/mol. The lowest BCUT2D eigenvalue weighted by molar-refractivity contribution is -0.145. The molecule has 1 saturated heterocycles. The van der Waals surface area contributed by atoms with E-state index in [4.69, 9.17) is 0 Å². The van der Waals surface area contributed by atoms with Gasteiger partial charge < -0.3 is 20.3 Å². The number of benzene rings is 2. The fourth-order valence-electron chi connectivity index (χ4n) is 4.24. The minimum absolute atomic E-state index is 0.0371. The fourth-order valence-corrected chi connectivity index (χ4v) is 4.24. The molecule has 1 unspecified atom stereocenters. The highest BCUT2D eigenvalue weighted by Gasteiger charge is 2.32. The molecule has 9 heteroatoms. The molecule has 2 amide bonds. The molecular formula is C25H29N5O4. The number of carbonyl (C=O) groups is 3. The Morgan fingerprint density at radius 3 is 2.41 bits per heavy atom. The Labute approximate surface area is 197 Å². The van der Waals surface area contributed by atoms with Crippen molar-refractivity contribution in [3.05, 3.63) is 65.9 Å². The number of hydrogen-bond donors (Lipinski definition) is 3. The third kappa shape index (κ3) is 5.11. The number of carboxylic acids is 1. The highest BCUT2D eigenvalue weighted by atomic mass is 16.4. The normalized spacial score (nSPS) is 15.7. The summed E-state index contributed by atoms with van der Waals surface area (Å²) in [6, 6.07) is 13.6. The number of fused-ring (bicyclic) bond motifs is 1. The number of anilines is 1. The topological polar surface area (TPSA) is 109 Å². The lowest BCUT2D eigenvalue weighted by Gasteiger charge is -2.37. The summed E-state index contributed by atoms with van der Waals surface area (Å²) in [4.78, 5) is 45.4. The van der Waals surface area contributed by atoms with Gasteiger partial charge in [0.05, 0.1) is 6.54 Å². The Balaban J connectivity index is 1.48. The average molecular weight is 464 g/mol. The van der Waals surface area contributed by atoms with Crippen LogP contribution in [0.25, 0.3) is 10.9 Å². The van der Waals surface area contributed by atoms with Crippen molar-refractivity contribution in [2.45, 2.75) is 6.04 Å². The van der Waals surface area contributed by atoms with E-state index in [1.54, 1.807) is 55.5 Å². The largest absolute Gasteiger partial charge is 0.480 e. The third-order valence-corrected chi connectivity index (χ3v) is 6.17. The van der Waals surface area contributed by atoms with E-state index >= 15 is 0 Å². The zero-order valence-corrected chi connectivity index (χ0v) is 19.3. The summed E-state index contributed by atoms with van der Waals surface area (Å²) in [5.41, 5.74) is 2.62. The van der Waals surface area contributed by atoms with Crippen LogP contribution in [0, 0.1) is 0 Å². The van der Waals surface area contributed by atoms with Crippen LogP contribution in [-0.4, -0.2) is 89.4 Å². The zero-order chi connectivity index (χ0) is 24.2. The zero-order valence-electron chi connectivity index (χ0n) is 19.3. The molecule has 3 aromatic rings. The minimum Gasteiger partial charge on any atom is -0.480 e. The van der Waals surface area contributed by atoms with Gasteiger partial charge in [0.1, 0.15) is 6.04 Å². The summed E-state index contributed by atoms with van der Waals surface area (Å²) >= 11 is 0. The number of aliphatic carboxylic acids is 1. The van der Waals surface area contributed by atoms with Gasteiger partial charge in [0.15, 0.2) is 0 Å². The number of hydrogen-bond acceptors (Lipinski definition) is 5. The van der Waals surface area contributed by atoms with E-state index in [2.05, 4.69) is 15.2 Å². The van der Waals surface area contributed by atoms with Gasteiger partial charge in [-0.1, -0.05) is 24.3 Å². The molecule has 0 bridgehead atoms. The number of nitrogens with one attached hydrogen (secondary N) is 2. The van der Waals surface area contributed by atoms with Gasteiger partial charge in [-0.25, -0.2) is 0 Å². The number of carbonyl (C=O) groups excluding carboxylic acids is 2. The van der Waals surface area contributed by atoms with Crippen LogP contribution in [-0.2, 0) is 9.59 Å². The number of aromatic amines is 1. The van der Waals surface area contributed by atoms with E-state index < -0.39 is 12.0 Å². The van der Waals surface area contributed by atoms with Gasteiger partial charge in [0, 0.05) is 74.2 Å². The van der Waals surface area contributed by atoms with Gasteiger partial charge in [0.25, 0.3) is 5.91 Å². The van der Waals surface area contributed by atoms with Gasteiger partial charge in [-0.15, -0.1) is 0 Å². The molecule has 9 nitrogen and oxygen atoms in total. The first-order chi connectivity index (χ1) is 16.3. The maximum Gasteiger partial charge on any atom is 0.325 e. The second kappa shape index (κ2) is 10.1. The van der Waals surface area contributed by atoms with Crippen molar-refractivity contribution in [3.8, 4) is 0 Å². The average Bonchev–Trinajstić information content (AvgIpc) is 3.23. The van der Waals surface area contributed by atoms with Gasteiger partial charge >= 0.3 is 5.97 Å². The maximum absolute atomic E-state index is 12.5. The third-order valence-electron chi connectivity index (χ3n) is 6.17. The molecule has 1 aliphatic heterocycles. The van der Waals surface area contributed by atoms with Crippen LogP contribution in [0.5, 0.6) is 0 Å². The SMILES string of the molecule is CN(C)C(=O)CN1CCN(C(C(=O)O)c2c[nH]c3cc(NC(=O)c4ccccc4)ccc23)CC1. The van der Waals surface area contributed by atoms with Crippen molar-refractivity contribution >= 4 is 34.4 Å². The first kappa shape index (κ1) is 23.5. The van der Waals surface area contributed by atoms with Crippen LogP contribution in [0.4, 0.5) is 5.69 Å². The highest BCUT2D eigenvalue weighted by Crippen LogP contribution is 2.31. The summed E-state index contributed by atoms with van der Waals surface area (Å²) < 4.78 is 0. The summed E-state index contributed by atoms with van der Waals surface area (Å²) in [6.45, 7) is 2.69. The lowest BCUT2D eigenvalue weighted by atomic mass is 10.0. The van der Waals surface area contributed by atoms with E-state index in [0.29, 0.717) is 49.5 Å². The quantitative estimate of drug-likeness (QED) is 0.496. The number of carboxylic acid groups (broad SMARTS) is 1. The molecule has 1 fully saturated rings. The first-order valence-corrected chi connectivity index (χ1v) is 11.2. The summed E-state index contributed by atoms with van der Waals surface area (Å²) in [7, 11) is 3.46. The predicted octanol–water partition coefficient (Wildman–Crippen LogP) is 2.25. The van der Waals surface area contributed by atoms with Gasteiger partial charge in [-0.2, -0.15) is 0 Å². The van der Waals surface area contributed by atoms with Crippen LogP contribution in [0.15, 0.2) is 54.7 Å². The Bertz CT molecular complexity index is 1180. The summed E-state index contributed by atoms with van der Waals surface area (Å²) in [6.07, 6.45) is 1.73. The molecule has 2 heterocycles. The molecule has 1 atom stereocenters. The molecule has 34 heavy (non-hydrogen) atoms. The molecule has 1 aliphatic rings. The molecule has 0 saturated carbocycles. The number of amides is 2. The van der Waals surface area contributed by atoms with E-state index in [1.807, 2.05) is 23.1 Å². The highest BCUT2D eigenvalue weighted by molar-refractivity contribution is 6.05. The van der Waals surface area contributed by atoms with E-state index in [1.165, 1.54) is 0 Å². The first-order valence-electron chi connectivity index (χ1n) is 11.2. The van der Waals surface area contributed by atoms with Gasteiger partial charge in [-0.3, -0.25) is 24.2 Å². The number of aromatic nitrogens is 1. The Morgan fingerprint density at radius 1 is 1.06 bits per heavy atom. The Morgan fingerprint density at radius 2 is 1.76 bits per heavy atom. The van der Waals surface area contributed by atoms with Crippen LogP contribution in [0.1, 0.15) is 22.0 Å². The monoisotopic (exact) mass is 463 g/mol. The van der Waals surface area contributed by atoms with Crippen molar-refractivity contribution in [2.24, 2.45) is 0 Å². The van der Waals surface area contributed by atoms with Crippen molar-refractivity contribution in [3.63, 3.8) is 0 Å². The van der Waals surface area contributed by atoms with Crippen molar-refractivity contribution in [1.82, 2.24) is 19.7 Å². The standard InChI is InChI=1S/C25H29N5O4/c1-28(2)22(31)16-29-10-12-30(13-11-29)23(25(33)34)20-15-26-21-14-18(8-9-19(20)21)27-24(32)17-6-4-3-5-7-17/h3-9,14-15,23,26H,10-13,16H2,1-2H3,(H,27,32)(H,33,34). The number of piperazine rings is 1. The van der Waals surface area contributed by atoms with Crippen LogP contribution < -0.4 is 5.32 Å². The van der Waals surface area contributed by atoms with Crippen molar-refractivity contribution in [2.75, 3.05) is 52.1 Å². The van der Waals surface area contributed by atoms with Crippen LogP contribution in [0.3, 0.4) is 0 Å². The smallest absolute Gasteiger partial charge is 0.325 e. The summed E-state index contributed by atoms with van der Waals surface area (Å²) in [5.74, 6) is -1.09.